The van der Waals surface area contributed by atoms with Crippen LogP contribution in [-0.4, -0.2) is 23.3 Å². The predicted molar refractivity (Wildman–Crippen MR) is 109 cm³/mol. The van der Waals surface area contributed by atoms with Crippen molar-refractivity contribution in [2.75, 3.05) is 0 Å². The zero-order chi connectivity index (χ0) is 18.9. The molecule has 0 saturated heterocycles. The molecule has 0 aromatic rings. The first-order valence-corrected chi connectivity index (χ1v) is 11.2. The van der Waals surface area contributed by atoms with Gasteiger partial charge in [-0.2, -0.15) is 0 Å². The molecule has 0 heterocycles. The van der Waals surface area contributed by atoms with Gasteiger partial charge in [0.05, 0.1) is 6.10 Å². The van der Waals surface area contributed by atoms with Crippen molar-refractivity contribution < 1.29 is 14.6 Å². The molecule has 0 aromatic carbocycles. The quantitative estimate of drug-likeness (QED) is 0.193. The Balaban J connectivity index is 1.82. The van der Waals surface area contributed by atoms with Gasteiger partial charge >= 0.3 is 5.97 Å². The molecule has 0 spiro atoms. The second-order valence-electron chi connectivity index (χ2n) is 7.91. The van der Waals surface area contributed by atoms with Crippen LogP contribution in [0.2, 0.25) is 0 Å². The molecule has 0 bridgehead atoms. The van der Waals surface area contributed by atoms with Crippen LogP contribution in [0, 0.1) is 0 Å². The normalized spacial score (nSPS) is 16.4. The van der Waals surface area contributed by atoms with Crippen molar-refractivity contribution in [2.24, 2.45) is 0 Å². The number of aliphatic hydroxyl groups is 1. The molecule has 3 heteroatoms. The highest BCUT2D eigenvalue weighted by atomic mass is 16.5. The standard InChI is InChI=1S/C23H42O3/c1-2-3-4-11-16-21(24)17-12-9-7-5-6-8-10-13-20-23(25)26-22-18-14-15-19-22/h9,12,21-22,24H,2-8,10-11,13-20H2,1H3/t21-/m1/s1. The van der Waals surface area contributed by atoms with E-state index in [1.807, 2.05) is 0 Å². The van der Waals surface area contributed by atoms with Crippen molar-refractivity contribution in [1.82, 2.24) is 0 Å². The van der Waals surface area contributed by atoms with Gasteiger partial charge in [-0.1, -0.05) is 64.0 Å². The number of ether oxygens (including phenoxy) is 1. The number of esters is 1. The first kappa shape index (κ1) is 23.2. The Kier molecular flexibility index (Phi) is 14.6. The molecule has 0 unspecified atom stereocenters. The molecule has 1 aliphatic carbocycles. The monoisotopic (exact) mass is 366 g/mol. The van der Waals surface area contributed by atoms with Crippen LogP contribution in [0.25, 0.3) is 0 Å². The lowest BCUT2D eigenvalue weighted by atomic mass is 10.1. The van der Waals surface area contributed by atoms with Crippen LogP contribution in [0.15, 0.2) is 12.2 Å². The van der Waals surface area contributed by atoms with Gasteiger partial charge in [0.2, 0.25) is 0 Å². The second-order valence-corrected chi connectivity index (χ2v) is 7.91. The highest BCUT2D eigenvalue weighted by molar-refractivity contribution is 5.69. The number of carbonyl (C=O) groups excluding carboxylic acids is 1. The summed E-state index contributed by atoms with van der Waals surface area (Å²) < 4.78 is 5.47. The van der Waals surface area contributed by atoms with Gasteiger partial charge in [0.25, 0.3) is 0 Å². The highest BCUT2D eigenvalue weighted by Crippen LogP contribution is 2.21. The number of rotatable bonds is 16. The predicted octanol–water partition coefficient (Wildman–Crippen LogP) is 6.48. The third-order valence-electron chi connectivity index (χ3n) is 5.32. The molecular weight excluding hydrogens is 324 g/mol. The molecule has 0 aromatic heterocycles. The van der Waals surface area contributed by atoms with E-state index in [4.69, 9.17) is 4.74 Å². The van der Waals surface area contributed by atoms with Crippen molar-refractivity contribution in [3.8, 4) is 0 Å². The fraction of sp³-hybridized carbons (Fsp3) is 0.870. The van der Waals surface area contributed by atoms with E-state index in [2.05, 4.69) is 19.1 Å². The van der Waals surface area contributed by atoms with Crippen molar-refractivity contribution in [2.45, 2.75) is 128 Å². The lowest BCUT2D eigenvalue weighted by molar-refractivity contribution is -0.148. The van der Waals surface area contributed by atoms with Gasteiger partial charge in [0.1, 0.15) is 6.10 Å². The molecule has 0 aliphatic heterocycles. The SMILES string of the molecule is CCCCCC[C@@H](O)CC=CCCCCCCCC(=O)OC1CCCC1. The number of hydrogen-bond donors (Lipinski definition) is 1. The molecule has 3 nitrogen and oxygen atoms in total. The van der Waals surface area contributed by atoms with Gasteiger partial charge in [0.15, 0.2) is 0 Å². The number of hydrogen-bond acceptors (Lipinski definition) is 3. The van der Waals surface area contributed by atoms with E-state index in [9.17, 15) is 9.90 Å². The van der Waals surface area contributed by atoms with Gasteiger partial charge in [-0.3, -0.25) is 4.79 Å². The van der Waals surface area contributed by atoms with Crippen LogP contribution < -0.4 is 0 Å². The lowest BCUT2D eigenvalue weighted by Gasteiger charge is -2.10. The third-order valence-corrected chi connectivity index (χ3v) is 5.32. The van der Waals surface area contributed by atoms with E-state index in [0.717, 1.165) is 51.4 Å². The summed E-state index contributed by atoms with van der Waals surface area (Å²) in [6, 6.07) is 0. The molecule has 0 radical (unpaired) electrons. The summed E-state index contributed by atoms with van der Waals surface area (Å²) in [4.78, 5) is 11.7. The summed E-state index contributed by atoms with van der Waals surface area (Å²) >= 11 is 0. The van der Waals surface area contributed by atoms with Crippen molar-refractivity contribution in [1.29, 1.82) is 0 Å². The Bertz CT molecular complexity index is 358. The molecule has 26 heavy (non-hydrogen) atoms. The van der Waals surface area contributed by atoms with Crippen molar-refractivity contribution >= 4 is 5.97 Å². The van der Waals surface area contributed by atoms with E-state index in [1.165, 1.54) is 51.4 Å². The first-order chi connectivity index (χ1) is 12.7. The van der Waals surface area contributed by atoms with Gasteiger partial charge in [-0.15, -0.1) is 0 Å². The fourth-order valence-corrected chi connectivity index (χ4v) is 3.61. The number of unbranched alkanes of at least 4 members (excludes halogenated alkanes) is 8. The molecule has 1 N–H and O–H groups in total. The van der Waals surface area contributed by atoms with Gasteiger partial charge in [0, 0.05) is 6.42 Å². The van der Waals surface area contributed by atoms with E-state index in [0.29, 0.717) is 6.42 Å². The van der Waals surface area contributed by atoms with Crippen LogP contribution in [0.3, 0.4) is 0 Å². The second kappa shape index (κ2) is 16.4. The molecular formula is C23H42O3. The largest absolute Gasteiger partial charge is 0.462 e. The first-order valence-electron chi connectivity index (χ1n) is 11.2. The smallest absolute Gasteiger partial charge is 0.306 e. The summed E-state index contributed by atoms with van der Waals surface area (Å²) in [6.45, 7) is 2.21. The molecule has 1 aliphatic rings. The molecule has 1 rings (SSSR count). The van der Waals surface area contributed by atoms with Crippen LogP contribution >= 0.6 is 0 Å². The average Bonchev–Trinajstić information content (AvgIpc) is 3.13. The third kappa shape index (κ3) is 13.4. The Morgan fingerprint density at radius 2 is 1.69 bits per heavy atom. The number of allylic oxidation sites excluding steroid dienone is 1. The Hall–Kier alpha value is -0.830. The minimum absolute atomic E-state index is 0.00749. The number of carbonyl (C=O) groups is 1. The summed E-state index contributed by atoms with van der Waals surface area (Å²) in [5.41, 5.74) is 0. The maximum Gasteiger partial charge on any atom is 0.306 e. The van der Waals surface area contributed by atoms with E-state index in [-0.39, 0.29) is 18.2 Å². The maximum absolute atomic E-state index is 11.7. The van der Waals surface area contributed by atoms with Crippen LogP contribution in [0.5, 0.6) is 0 Å². The van der Waals surface area contributed by atoms with Crippen molar-refractivity contribution in [3.05, 3.63) is 12.2 Å². The topological polar surface area (TPSA) is 46.5 Å². The minimum Gasteiger partial charge on any atom is -0.462 e. The summed E-state index contributed by atoms with van der Waals surface area (Å²) in [5, 5.41) is 9.89. The summed E-state index contributed by atoms with van der Waals surface area (Å²) in [6.07, 6.45) is 23.0. The minimum atomic E-state index is -0.160. The molecule has 1 saturated carbocycles. The Labute approximate surface area is 161 Å². The maximum atomic E-state index is 11.7. The summed E-state index contributed by atoms with van der Waals surface area (Å²) in [7, 11) is 0. The molecule has 152 valence electrons. The van der Waals surface area contributed by atoms with E-state index >= 15 is 0 Å². The summed E-state index contributed by atoms with van der Waals surface area (Å²) in [5.74, 6) is 0.00749. The van der Waals surface area contributed by atoms with E-state index < -0.39 is 0 Å². The zero-order valence-electron chi connectivity index (χ0n) is 17.1. The van der Waals surface area contributed by atoms with Gasteiger partial charge in [-0.05, 0) is 57.8 Å². The zero-order valence-corrected chi connectivity index (χ0v) is 17.1. The van der Waals surface area contributed by atoms with Crippen LogP contribution in [0.4, 0.5) is 0 Å². The molecule has 1 fully saturated rings. The van der Waals surface area contributed by atoms with Gasteiger partial charge < -0.3 is 9.84 Å². The molecule has 0 amide bonds. The fourth-order valence-electron chi connectivity index (χ4n) is 3.61. The van der Waals surface area contributed by atoms with Crippen LogP contribution in [0.1, 0.15) is 116 Å². The Morgan fingerprint density at radius 1 is 1.00 bits per heavy atom. The lowest BCUT2D eigenvalue weighted by Crippen LogP contribution is -2.14. The van der Waals surface area contributed by atoms with Gasteiger partial charge in [-0.25, -0.2) is 0 Å². The average molecular weight is 367 g/mol. The van der Waals surface area contributed by atoms with E-state index in [1.54, 1.807) is 0 Å². The van der Waals surface area contributed by atoms with Crippen molar-refractivity contribution in [3.63, 3.8) is 0 Å². The molecule has 1 atom stereocenters. The highest BCUT2D eigenvalue weighted by Gasteiger charge is 2.18. The Morgan fingerprint density at radius 3 is 2.46 bits per heavy atom. The van der Waals surface area contributed by atoms with Crippen LogP contribution in [-0.2, 0) is 9.53 Å². The number of aliphatic hydroxyl groups excluding tert-OH is 1.